The molecule has 206 valence electrons. The summed E-state index contributed by atoms with van der Waals surface area (Å²) in [5.74, 6) is 0.444. The number of nitrogens with one attached hydrogen (secondary N) is 2. The Kier molecular flexibility index (Phi) is 8.43. The summed E-state index contributed by atoms with van der Waals surface area (Å²) in [6, 6.07) is 16.0. The number of hydrogen-bond donors (Lipinski definition) is 2. The quantitative estimate of drug-likeness (QED) is 0.439. The molecule has 2 atom stereocenters. The van der Waals surface area contributed by atoms with Crippen molar-refractivity contribution in [3.8, 4) is 5.69 Å². The number of rotatable bonds is 9. The molecule has 2 aliphatic rings. The average Bonchev–Trinajstić information content (AvgIpc) is 3.77. The van der Waals surface area contributed by atoms with Gasteiger partial charge in [-0.3, -0.25) is 14.2 Å². The molecule has 1 saturated heterocycles. The van der Waals surface area contributed by atoms with Crippen LogP contribution in [-0.4, -0.2) is 71.1 Å². The Labute approximate surface area is 231 Å². The zero-order valence-corrected chi connectivity index (χ0v) is 23.3. The summed E-state index contributed by atoms with van der Waals surface area (Å²) < 4.78 is 1.59. The predicted octanol–water partition coefficient (Wildman–Crippen LogP) is 3.86. The summed E-state index contributed by atoms with van der Waals surface area (Å²) in [6.45, 7) is 9.44. The molecule has 0 radical (unpaired) electrons. The lowest BCUT2D eigenvalue weighted by atomic mass is 9.93. The zero-order chi connectivity index (χ0) is 27.4. The van der Waals surface area contributed by atoms with Gasteiger partial charge in [0.1, 0.15) is 0 Å². The van der Waals surface area contributed by atoms with Gasteiger partial charge in [0.25, 0.3) is 11.5 Å². The van der Waals surface area contributed by atoms with E-state index in [2.05, 4.69) is 51.5 Å². The summed E-state index contributed by atoms with van der Waals surface area (Å²) in [5, 5.41) is 6.55. The van der Waals surface area contributed by atoms with E-state index in [0.717, 1.165) is 63.1 Å². The average molecular weight is 529 g/mol. The third-order valence-electron chi connectivity index (χ3n) is 7.86. The zero-order valence-electron chi connectivity index (χ0n) is 23.3. The van der Waals surface area contributed by atoms with Crippen LogP contribution in [0.2, 0.25) is 0 Å². The fourth-order valence-electron chi connectivity index (χ4n) is 5.36. The molecular weight excluding hydrogens is 488 g/mol. The number of aryl methyl sites for hydroxylation is 1. The third kappa shape index (κ3) is 6.75. The van der Waals surface area contributed by atoms with E-state index in [1.54, 1.807) is 23.0 Å². The van der Waals surface area contributed by atoms with Crippen molar-refractivity contribution >= 4 is 11.7 Å². The molecule has 0 bridgehead atoms. The van der Waals surface area contributed by atoms with Crippen LogP contribution >= 0.6 is 0 Å². The maximum Gasteiger partial charge on any atom is 0.297 e. The van der Waals surface area contributed by atoms with Gasteiger partial charge in [0.15, 0.2) is 5.82 Å². The normalized spacial score (nSPS) is 18.2. The lowest BCUT2D eigenvalue weighted by Gasteiger charge is -2.31. The van der Waals surface area contributed by atoms with E-state index in [0.29, 0.717) is 17.1 Å². The van der Waals surface area contributed by atoms with Crippen LogP contribution in [0.5, 0.6) is 0 Å². The van der Waals surface area contributed by atoms with Gasteiger partial charge in [-0.05, 0) is 75.5 Å². The Morgan fingerprint density at radius 1 is 1.08 bits per heavy atom. The van der Waals surface area contributed by atoms with E-state index in [4.69, 9.17) is 0 Å². The van der Waals surface area contributed by atoms with Crippen molar-refractivity contribution in [2.24, 2.45) is 5.92 Å². The van der Waals surface area contributed by atoms with Crippen molar-refractivity contribution in [1.82, 2.24) is 24.7 Å². The minimum atomic E-state index is -0.232. The number of carbonyl (C=O) groups is 1. The summed E-state index contributed by atoms with van der Waals surface area (Å²) in [4.78, 5) is 35.9. The molecule has 0 unspecified atom stereocenters. The topological polar surface area (TPSA) is 82.5 Å². The number of carbonyl (C=O) groups excluding carboxylic acids is 1. The summed E-state index contributed by atoms with van der Waals surface area (Å²) in [7, 11) is 2.18. The maximum atomic E-state index is 13.8. The molecule has 0 spiro atoms. The fraction of sp³-hybridized carbons (Fsp3) is 0.452. The van der Waals surface area contributed by atoms with Crippen molar-refractivity contribution < 1.29 is 4.79 Å². The fourth-order valence-corrected chi connectivity index (χ4v) is 5.36. The monoisotopic (exact) mass is 528 g/mol. The minimum Gasteiger partial charge on any atom is -0.358 e. The molecule has 8 heteroatoms. The van der Waals surface area contributed by atoms with Gasteiger partial charge in [0.05, 0.1) is 11.7 Å². The molecule has 8 nitrogen and oxygen atoms in total. The molecule has 1 aliphatic heterocycles. The highest BCUT2D eigenvalue weighted by molar-refractivity contribution is 5.95. The van der Waals surface area contributed by atoms with Crippen molar-refractivity contribution in [2.45, 2.75) is 45.2 Å². The van der Waals surface area contributed by atoms with E-state index in [1.165, 1.54) is 0 Å². The van der Waals surface area contributed by atoms with Crippen molar-refractivity contribution in [2.75, 3.05) is 45.1 Å². The van der Waals surface area contributed by atoms with E-state index >= 15 is 0 Å². The van der Waals surface area contributed by atoms with Crippen LogP contribution in [0.3, 0.4) is 0 Å². The van der Waals surface area contributed by atoms with Gasteiger partial charge in [-0.1, -0.05) is 43.3 Å². The number of aromatic nitrogens is 2. The molecule has 2 fully saturated rings. The van der Waals surface area contributed by atoms with Crippen LogP contribution in [0.1, 0.15) is 53.7 Å². The van der Waals surface area contributed by atoms with Crippen molar-refractivity contribution in [3.05, 3.63) is 88.0 Å². The predicted molar refractivity (Wildman–Crippen MR) is 156 cm³/mol. The number of hydrogen-bond acceptors (Lipinski definition) is 6. The van der Waals surface area contributed by atoms with E-state index in [9.17, 15) is 9.59 Å². The van der Waals surface area contributed by atoms with Gasteiger partial charge < -0.3 is 20.4 Å². The molecule has 1 amide bonds. The molecule has 1 aliphatic carbocycles. The van der Waals surface area contributed by atoms with Gasteiger partial charge in [-0.25, -0.2) is 4.98 Å². The van der Waals surface area contributed by atoms with Gasteiger partial charge in [0, 0.05) is 43.6 Å². The van der Waals surface area contributed by atoms with Crippen molar-refractivity contribution in [3.63, 3.8) is 0 Å². The number of benzene rings is 2. The molecular formula is C31H40N6O2. The van der Waals surface area contributed by atoms with Crippen LogP contribution in [0.4, 0.5) is 5.82 Å². The van der Waals surface area contributed by atoms with Crippen LogP contribution in [0, 0.1) is 12.8 Å². The Balaban J connectivity index is 1.41. The largest absolute Gasteiger partial charge is 0.358 e. The lowest BCUT2D eigenvalue weighted by molar-refractivity contribution is 0.0951. The molecule has 1 saturated carbocycles. The number of anilines is 1. The van der Waals surface area contributed by atoms with Crippen LogP contribution in [0.15, 0.2) is 65.7 Å². The summed E-state index contributed by atoms with van der Waals surface area (Å²) in [5.41, 5.74) is 3.05. The number of nitrogens with zero attached hydrogens (tertiary/aromatic N) is 4. The van der Waals surface area contributed by atoms with Gasteiger partial charge >= 0.3 is 0 Å². The second-order valence-electron chi connectivity index (χ2n) is 11.2. The van der Waals surface area contributed by atoms with Crippen LogP contribution < -0.4 is 16.2 Å². The first-order chi connectivity index (χ1) is 18.9. The first-order valence-electron chi connectivity index (χ1n) is 14.1. The Morgan fingerprint density at radius 3 is 2.64 bits per heavy atom. The molecule has 2 heterocycles. The summed E-state index contributed by atoms with van der Waals surface area (Å²) >= 11 is 0. The maximum absolute atomic E-state index is 13.8. The molecule has 3 aromatic rings. The molecule has 39 heavy (non-hydrogen) atoms. The van der Waals surface area contributed by atoms with E-state index in [1.807, 2.05) is 37.3 Å². The van der Waals surface area contributed by atoms with Crippen LogP contribution in [0.25, 0.3) is 5.69 Å². The highest BCUT2D eigenvalue weighted by atomic mass is 16.2. The number of amides is 1. The standard InChI is InChI=1S/C31H40N6O2/c1-22-10-11-25(30(38)33-26-12-13-26)20-27(22)37-17-14-32-29(31(37)39)34-28(24-8-5-4-6-9-24)23(2)21-36-16-7-15-35(3)18-19-36/h4-6,8-11,14,17,20,23,26,28H,7,12-13,15-16,18-19,21H2,1-3H3,(H,32,34)(H,33,38)/t23-,28-/m1/s1. The van der Waals surface area contributed by atoms with Crippen LogP contribution in [-0.2, 0) is 0 Å². The first kappa shape index (κ1) is 27.1. The van der Waals surface area contributed by atoms with Crippen molar-refractivity contribution in [1.29, 1.82) is 0 Å². The second kappa shape index (κ2) is 12.1. The van der Waals surface area contributed by atoms with E-state index in [-0.39, 0.29) is 29.5 Å². The summed E-state index contributed by atoms with van der Waals surface area (Å²) in [6.07, 6.45) is 6.54. The highest BCUT2D eigenvalue weighted by Gasteiger charge is 2.26. The van der Waals surface area contributed by atoms with Gasteiger partial charge in [-0.2, -0.15) is 0 Å². The second-order valence-corrected chi connectivity index (χ2v) is 11.2. The smallest absolute Gasteiger partial charge is 0.297 e. The Bertz CT molecular complexity index is 1340. The lowest BCUT2D eigenvalue weighted by Crippen LogP contribution is -2.36. The molecule has 5 rings (SSSR count). The number of likely N-dealkylation sites (N-methyl/N-ethyl adjacent to an activating group) is 1. The van der Waals surface area contributed by atoms with E-state index < -0.39 is 0 Å². The minimum absolute atomic E-state index is 0.0833. The third-order valence-corrected chi connectivity index (χ3v) is 7.86. The Morgan fingerprint density at radius 2 is 1.87 bits per heavy atom. The Hall–Kier alpha value is -3.49. The molecule has 2 aromatic carbocycles. The SMILES string of the molecule is Cc1ccc(C(=O)NC2CC2)cc1-n1ccnc(N[C@@H](c2ccccc2)[C@H](C)CN2CCCN(C)CC2)c1=O. The highest BCUT2D eigenvalue weighted by Crippen LogP contribution is 2.27. The first-order valence-corrected chi connectivity index (χ1v) is 14.1. The van der Waals surface area contributed by atoms with Gasteiger partial charge in [-0.15, -0.1) is 0 Å². The molecule has 1 aromatic heterocycles. The molecule has 2 N–H and O–H groups in total. The van der Waals surface area contributed by atoms with Gasteiger partial charge in [0.2, 0.25) is 0 Å².